The summed E-state index contributed by atoms with van der Waals surface area (Å²) in [6.07, 6.45) is 4.33. The van der Waals surface area contributed by atoms with Crippen molar-refractivity contribution in [3.05, 3.63) is 51.9 Å². The van der Waals surface area contributed by atoms with Crippen LogP contribution in [-0.2, 0) is 13.0 Å². The van der Waals surface area contributed by atoms with Gasteiger partial charge in [-0.25, -0.2) is 4.98 Å². The average Bonchev–Trinajstić information content (AvgIpc) is 3.05. The number of aryl methyl sites for hydroxylation is 1. The van der Waals surface area contributed by atoms with Crippen molar-refractivity contribution in [3.8, 4) is 0 Å². The third-order valence-corrected chi connectivity index (χ3v) is 4.34. The second-order valence-electron chi connectivity index (χ2n) is 4.88. The van der Waals surface area contributed by atoms with E-state index < -0.39 is 0 Å². The van der Waals surface area contributed by atoms with Crippen LogP contribution in [-0.4, -0.2) is 32.4 Å². The summed E-state index contributed by atoms with van der Waals surface area (Å²) in [5.74, 6) is 0.562. The van der Waals surface area contributed by atoms with Crippen LogP contribution in [0, 0.1) is 5.41 Å². The van der Waals surface area contributed by atoms with Crippen molar-refractivity contribution >= 4 is 22.7 Å². The topological polar surface area (TPSA) is 73.1 Å². The zero-order valence-corrected chi connectivity index (χ0v) is 12.5. The molecule has 0 unspecified atom stereocenters. The van der Waals surface area contributed by atoms with Gasteiger partial charge in [-0.15, -0.1) is 11.3 Å². The van der Waals surface area contributed by atoms with E-state index in [0.29, 0.717) is 24.5 Å². The molecular formula is C15H16N4OS. The third-order valence-electron chi connectivity index (χ3n) is 3.43. The number of rotatable bonds is 4. The van der Waals surface area contributed by atoms with Crippen LogP contribution in [0.5, 0.6) is 0 Å². The second kappa shape index (κ2) is 5.65. The van der Waals surface area contributed by atoms with E-state index in [2.05, 4.69) is 9.97 Å². The van der Waals surface area contributed by atoms with E-state index in [9.17, 15) is 5.11 Å². The predicted octanol–water partition coefficient (Wildman–Crippen LogP) is 2.86. The van der Waals surface area contributed by atoms with Crippen LogP contribution in [0.1, 0.15) is 23.2 Å². The molecule has 0 aromatic carbocycles. The number of nitrogens with one attached hydrogen (secondary N) is 1. The monoisotopic (exact) mass is 300 g/mol. The number of aliphatic hydroxyl groups is 1. The molecule has 0 spiro atoms. The molecule has 0 aliphatic carbocycles. The van der Waals surface area contributed by atoms with E-state index in [4.69, 9.17) is 5.41 Å². The highest BCUT2D eigenvalue weighted by atomic mass is 32.1. The first-order valence-corrected chi connectivity index (χ1v) is 7.66. The number of hydrogen-bond donors (Lipinski definition) is 2. The lowest BCUT2D eigenvalue weighted by Gasteiger charge is -2.18. The molecule has 2 N–H and O–H groups in total. The fourth-order valence-electron chi connectivity index (χ4n) is 2.29. The largest absolute Gasteiger partial charge is 0.510 e. The first-order valence-electron chi connectivity index (χ1n) is 6.78. The average molecular weight is 300 g/mol. The molecule has 0 atom stereocenters. The quantitative estimate of drug-likeness (QED) is 0.910. The minimum atomic E-state index is 0.228. The van der Waals surface area contributed by atoms with Crippen molar-refractivity contribution in [3.63, 3.8) is 0 Å². The lowest BCUT2D eigenvalue weighted by Crippen LogP contribution is -2.26. The molecule has 3 heterocycles. The molecule has 21 heavy (non-hydrogen) atoms. The lowest BCUT2D eigenvalue weighted by atomic mass is 10.2. The Hall–Kier alpha value is -2.21. The zero-order valence-electron chi connectivity index (χ0n) is 11.7. The van der Waals surface area contributed by atoms with Gasteiger partial charge in [-0.2, -0.15) is 0 Å². The summed E-state index contributed by atoms with van der Waals surface area (Å²) >= 11 is 1.48. The highest BCUT2D eigenvalue weighted by molar-refractivity contribution is 7.11. The summed E-state index contributed by atoms with van der Waals surface area (Å²) < 4.78 is 0. The maximum atomic E-state index is 10.2. The van der Waals surface area contributed by atoms with Crippen LogP contribution in [0.15, 0.2) is 35.7 Å². The molecule has 108 valence electrons. The Labute approximate surface area is 127 Å². The molecule has 0 radical (unpaired) electrons. The first kappa shape index (κ1) is 13.8. The van der Waals surface area contributed by atoms with Crippen molar-refractivity contribution in [2.45, 2.75) is 19.9 Å². The van der Waals surface area contributed by atoms with Gasteiger partial charge in [0.05, 0.1) is 17.8 Å². The normalized spacial score (nSPS) is 15.1. The summed E-state index contributed by atoms with van der Waals surface area (Å²) in [5.41, 5.74) is 2.63. The van der Waals surface area contributed by atoms with Gasteiger partial charge in [0.15, 0.2) is 0 Å². The number of hydrogen-bond acceptors (Lipinski definition) is 5. The van der Waals surface area contributed by atoms with Crippen molar-refractivity contribution in [2.24, 2.45) is 0 Å². The minimum Gasteiger partial charge on any atom is -0.510 e. The molecule has 2 aromatic heterocycles. The van der Waals surface area contributed by atoms with Gasteiger partial charge in [-0.05, 0) is 24.1 Å². The molecule has 6 heteroatoms. The van der Waals surface area contributed by atoms with Gasteiger partial charge in [-0.3, -0.25) is 10.4 Å². The predicted molar refractivity (Wildman–Crippen MR) is 83.4 cm³/mol. The number of amidine groups is 1. The van der Waals surface area contributed by atoms with Crippen LogP contribution in [0.25, 0.3) is 5.57 Å². The van der Waals surface area contributed by atoms with Gasteiger partial charge >= 0.3 is 0 Å². The molecule has 0 saturated heterocycles. The van der Waals surface area contributed by atoms with Crippen molar-refractivity contribution in [1.82, 2.24) is 14.9 Å². The summed E-state index contributed by atoms with van der Waals surface area (Å²) in [4.78, 5) is 10.3. The molecule has 1 aliphatic rings. The minimum absolute atomic E-state index is 0.228. The maximum Gasteiger partial charge on any atom is 0.135 e. The molecule has 0 bridgehead atoms. The van der Waals surface area contributed by atoms with Gasteiger partial charge in [-0.1, -0.05) is 6.92 Å². The molecule has 0 amide bonds. The lowest BCUT2D eigenvalue weighted by molar-refractivity contribution is 0.347. The highest BCUT2D eigenvalue weighted by Gasteiger charge is 2.30. The van der Waals surface area contributed by atoms with Crippen LogP contribution < -0.4 is 0 Å². The van der Waals surface area contributed by atoms with E-state index >= 15 is 0 Å². The third kappa shape index (κ3) is 2.67. The fourth-order valence-corrected chi connectivity index (χ4v) is 3.26. The molecule has 1 aliphatic heterocycles. The molecule has 3 rings (SSSR count). The standard InChI is InChI=1S/C15H16N4OS/c1-2-11-9-21-15(18-11)13-12(20)8-19(14(13)16)7-10-3-5-17-6-4-10/h3-6,9,16,20H,2,7-8H2,1H3. The van der Waals surface area contributed by atoms with Gasteiger partial charge in [0.1, 0.15) is 16.6 Å². The van der Waals surface area contributed by atoms with Crippen molar-refractivity contribution in [1.29, 1.82) is 5.41 Å². The summed E-state index contributed by atoms with van der Waals surface area (Å²) in [6.45, 7) is 2.99. The van der Waals surface area contributed by atoms with Crippen LogP contribution in [0.2, 0.25) is 0 Å². The van der Waals surface area contributed by atoms with E-state index in [-0.39, 0.29) is 5.76 Å². The second-order valence-corrected chi connectivity index (χ2v) is 5.74. The molecule has 0 fully saturated rings. The van der Waals surface area contributed by atoms with Gasteiger partial charge in [0.2, 0.25) is 0 Å². The Kier molecular flexibility index (Phi) is 3.70. The maximum absolute atomic E-state index is 10.2. The smallest absolute Gasteiger partial charge is 0.135 e. The van der Waals surface area contributed by atoms with Crippen LogP contribution in [0.4, 0.5) is 0 Å². The number of aromatic nitrogens is 2. The number of nitrogens with zero attached hydrogens (tertiary/aromatic N) is 3. The van der Waals surface area contributed by atoms with E-state index in [1.807, 2.05) is 29.3 Å². The van der Waals surface area contributed by atoms with Crippen LogP contribution in [0.3, 0.4) is 0 Å². The van der Waals surface area contributed by atoms with Crippen molar-refractivity contribution < 1.29 is 5.11 Å². The Morgan fingerprint density at radius 1 is 1.38 bits per heavy atom. The molecule has 0 saturated carbocycles. The van der Waals surface area contributed by atoms with Gasteiger partial charge in [0.25, 0.3) is 0 Å². The highest BCUT2D eigenvalue weighted by Crippen LogP contribution is 2.30. The number of aliphatic hydroxyl groups excluding tert-OH is 1. The Morgan fingerprint density at radius 3 is 2.81 bits per heavy atom. The number of thiazole rings is 1. The molecular weight excluding hydrogens is 284 g/mol. The Morgan fingerprint density at radius 2 is 2.14 bits per heavy atom. The zero-order chi connectivity index (χ0) is 14.8. The number of pyridine rings is 1. The summed E-state index contributed by atoms with van der Waals surface area (Å²) in [7, 11) is 0. The molecule has 5 nitrogen and oxygen atoms in total. The van der Waals surface area contributed by atoms with E-state index in [0.717, 1.165) is 22.7 Å². The van der Waals surface area contributed by atoms with E-state index in [1.54, 1.807) is 12.4 Å². The van der Waals surface area contributed by atoms with E-state index in [1.165, 1.54) is 11.3 Å². The first-order chi connectivity index (χ1) is 10.2. The molecule has 2 aromatic rings. The summed E-state index contributed by atoms with van der Waals surface area (Å²) in [6, 6.07) is 3.84. The SMILES string of the molecule is CCc1csc(C2=C(O)CN(Cc3ccncc3)C2=N)n1. The summed E-state index contributed by atoms with van der Waals surface area (Å²) in [5, 5.41) is 21.2. The Balaban J connectivity index is 1.81. The van der Waals surface area contributed by atoms with Crippen molar-refractivity contribution in [2.75, 3.05) is 6.54 Å². The Bertz CT molecular complexity index is 693. The van der Waals surface area contributed by atoms with Gasteiger partial charge < -0.3 is 10.0 Å². The van der Waals surface area contributed by atoms with Crippen LogP contribution >= 0.6 is 11.3 Å². The van der Waals surface area contributed by atoms with Gasteiger partial charge in [0, 0.05) is 24.3 Å². The fraction of sp³-hybridized carbons (Fsp3) is 0.267.